The molecule has 382 valence electrons. The quantitative estimate of drug-likeness (QED) is 0.0262. The van der Waals surface area contributed by atoms with Gasteiger partial charge < -0.3 is 14.2 Å². The van der Waals surface area contributed by atoms with E-state index in [-0.39, 0.29) is 50.4 Å². The van der Waals surface area contributed by atoms with E-state index in [0.29, 0.717) is 19.3 Å². The van der Waals surface area contributed by atoms with E-state index in [4.69, 9.17) is 14.2 Å². The smallest absolute Gasteiger partial charge is 0.306 e. The van der Waals surface area contributed by atoms with Crippen molar-refractivity contribution < 1.29 is 28.6 Å². The van der Waals surface area contributed by atoms with Gasteiger partial charge in [-0.3, -0.25) is 14.4 Å². The molecule has 0 aromatic heterocycles. The maximum atomic E-state index is 12.8. The van der Waals surface area contributed by atoms with Crippen LogP contribution in [-0.4, -0.2) is 37.2 Å². The molecule has 0 aromatic rings. The lowest BCUT2D eigenvalue weighted by atomic mass is 10.1. The summed E-state index contributed by atoms with van der Waals surface area (Å²) in [5, 5.41) is 0. The molecule has 0 fully saturated rings. The average molecular weight is 947 g/mol. The number of carbonyl (C=O) groups is 3. The number of rotatable bonds is 45. The van der Waals surface area contributed by atoms with Crippen LogP contribution in [0.2, 0.25) is 0 Å². The van der Waals surface area contributed by atoms with Gasteiger partial charge in [-0.15, -0.1) is 0 Å². The maximum Gasteiger partial charge on any atom is 0.306 e. The van der Waals surface area contributed by atoms with E-state index < -0.39 is 6.10 Å². The van der Waals surface area contributed by atoms with Crippen molar-refractivity contribution in [2.45, 2.75) is 194 Å². The molecule has 6 nitrogen and oxygen atoms in total. The van der Waals surface area contributed by atoms with Crippen LogP contribution in [0.3, 0.4) is 0 Å². The minimum absolute atomic E-state index is 0.144. The Balaban J connectivity index is 4.66. The standard InChI is InChI=1S/C63H94O6/c1-4-7-10-13-16-19-22-25-28-31-34-37-40-43-46-49-52-55-61(64)67-58-60(69-63(66)57-54-51-48-45-42-39-36-33-30-27-24-21-18-15-12-9-6-3)59-68-62(65)56-53-50-47-44-41-38-35-32-29-26-23-20-17-14-11-8-5-2/h7-12,16-21,25-30,34-39,43-44,46-47,60H,4-6,13-15,22-24,31-33,40-42,45,48-59H2,1-3H3/b10-7-,11-8-,12-9-,19-16-,20-17-,21-18-,28-25-,29-26-,30-27-,37-34-,38-35-,39-36-,46-43-,47-44-. The number of allylic oxidation sites excluding steroid dienone is 28. The molecule has 0 amide bonds. The van der Waals surface area contributed by atoms with Crippen molar-refractivity contribution in [1.82, 2.24) is 0 Å². The molecule has 0 aliphatic heterocycles. The van der Waals surface area contributed by atoms with Crippen LogP contribution in [0.25, 0.3) is 0 Å². The van der Waals surface area contributed by atoms with E-state index in [9.17, 15) is 14.4 Å². The fourth-order valence-corrected chi connectivity index (χ4v) is 6.33. The van der Waals surface area contributed by atoms with Gasteiger partial charge in [-0.05, 0) is 135 Å². The predicted molar refractivity (Wildman–Crippen MR) is 297 cm³/mol. The number of hydrogen-bond donors (Lipinski definition) is 0. The second kappa shape index (κ2) is 55.4. The molecular weight excluding hydrogens is 853 g/mol. The summed E-state index contributed by atoms with van der Waals surface area (Å²) in [6.07, 6.45) is 82.0. The molecule has 0 aliphatic rings. The van der Waals surface area contributed by atoms with Crippen LogP contribution < -0.4 is 0 Å². The first-order valence-electron chi connectivity index (χ1n) is 26.6. The Morgan fingerprint density at radius 3 is 0.841 bits per heavy atom. The zero-order valence-corrected chi connectivity index (χ0v) is 43.5. The number of ether oxygens (including phenoxy) is 3. The van der Waals surface area contributed by atoms with Gasteiger partial charge in [0.25, 0.3) is 0 Å². The third-order valence-electron chi connectivity index (χ3n) is 10.2. The number of unbranched alkanes of at least 4 members (excludes halogenated alkanes) is 6. The van der Waals surface area contributed by atoms with Gasteiger partial charge in [0.05, 0.1) is 0 Å². The number of carbonyl (C=O) groups excluding carboxylic acids is 3. The zero-order valence-electron chi connectivity index (χ0n) is 43.5. The molecule has 0 spiro atoms. The van der Waals surface area contributed by atoms with E-state index in [1.807, 2.05) is 0 Å². The Morgan fingerprint density at radius 2 is 0.536 bits per heavy atom. The van der Waals surface area contributed by atoms with E-state index in [1.165, 1.54) is 0 Å². The molecule has 0 aromatic carbocycles. The van der Waals surface area contributed by atoms with E-state index in [2.05, 4.69) is 191 Å². The van der Waals surface area contributed by atoms with Gasteiger partial charge in [-0.1, -0.05) is 204 Å². The number of esters is 3. The predicted octanol–water partition coefficient (Wildman–Crippen LogP) is 18.0. The fraction of sp³-hybridized carbons (Fsp3) is 0.508. The molecule has 0 saturated carbocycles. The van der Waals surface area contributed by atoms with Gasteiger partial charge in [0.15, 0.2) is 6.10 Å². The molecular formula is C63H94O6. The molecule has 0 heterocycles. The summed E-state index contributed by atoms with van der Waals surface area (Å²) in [5.74, 6) is -1.09. The lowest BCUT2D eigenvalue weighted by Gasteiger charge is -2.18. The van der Waals surface area contributed by atoms with Crippen molar-refractivity contribution in [3.63, 3.8) is 0 Å². The maximum absolute atomic E-state index is 12.8. The molecule has 69 heavy (non-hydrogen) atoms. The summed E-state index contributed by atoms with van der Waals surface area (Å²) in [6.45, 7) is 6.15. The van der Waals surface area contributed by atoms with Crippen LogP contribution in [0, 0.1) is 0 Å². The highest BCUT2D eigenvalue weighted by Gasteiger charge is 2.19. The molecule has 0 saturated heterocycles. The summed E-state index contributed by atoms with van der Waals surface area (Å²) in [4.78, 5) is 38.1. The summed E-state index contributed by atoms with van der Waals surface area (Å²) in [5.41, 5.74) is 0. The van der Waals surface area contributed by atoms with Gasteiger partial charge in [-0.2, -0.15) is 0 Å². The SMILES string of the molecule is CC/C=C\C/C=C\C/C=C\C/C=C\C/C=C\CCCC(=O)OCC(COC(=O)CCC/C=C\C/C=C\C/C=C\C/C=C\C/C=C\CC)OC(=O)CCCCCC/C=C\C/C=C\C/C=C\C/C=C\CC. The largest absolute Gasteiger partial charge is 0.462 e. The van der Waals surface area contributed by atoms with Gasteiger partial charge in [0.2, 0.25) is 0 Å². The fourth-order valence-electron chi connectivity index (χ4n) is 6.33. The first-order chi connectivity index (χ1) is 34.0. The van der Waals surface area contributed by atoms with E-state index in [0.717, 1.165) is 128 Å². The molecule has 0 N–H and O–H groups in total. The van der Waals surface area contributed by atoms with Crippen molar-refractivity contribution in [3.8, 4) is 0 Å². The zero-order chi connectivity index (χ0) is 50.0. The van der Waals surface area contributed by atoms with Crippen LogP contribution in [0.5, 0.6) is 0 Å². The highest BCUT2D eigenvalue weighted by Crippen LogP contribution is 2.11. The molecule has 0 unspecified atom stereocenters. The Labute approximate surface area is 422 Å². The highest BCUT2D eigenvalue weighted by molar-refractivity contribution is 5.71. The molecule has 0 aliphatic carbocycles. The van der Waals surface area contributed by atoms with Crippen molar-refractivity contribution in [3.05, 3.63) is 170 Å². The summed E-state index contributed by atoms with van der Waals surface area (Å²) < 4.78 is 16.7. The minimum Gasteiger partial charge on any atom is -0.462 e. The van der Waals surface area contributed by atoms with E-state index >= 15 is 0 Å². The molecule has 6 heteroatoms. The topological polar surface area (TPSA) is 78.9 Å². The highest BCUT2D eigenvalue weighted by atomic mass is 16.6. The Morgan fingerprint density at radius 1 is 0.290 bits per heavy atom. The van der Waals surface area contributed by atoms with Crippen LogP contribution >= 0.6 is 0 Å². The lowest BCUT2D eigenvalue weighted by molar-refractivity contribution is -0.167. The molecule has 0 bridgehead atoms. The third kappa shape index (κ3) is 53.6. The Kier molecular flexibility index (Phi) is 51.2. The summed E-state index contributed by atoms with van der Waals surface area (Å²) >= 11 is 0. The van der Waals surface area contributed by atoms with Gasteiger partial charge >= 0.3 is 17.9 Å². The van der Waals surface area contributed by atoms with Crippen molar-refractivity contribution in [1.29, 1.82) is 0 Å². The normalized spacial score (nSPS) is 13.1. The first-order valence-corrected chi connectivity index (χ1v) is 26.6. The Hall–Kier alpha value is -5.23. The van der Waals surface area contributed by atoms with Crippen molar-refractivity contribution in [2.24, 2.45) is 0 Å². The van der Waals surface area contributed by atoms with Crippen LogP contribution in [0.4, 0.5) is 0 Å². The van der Waals surface area contributed by atoms with Gasteiger partial charge in [0, 0.05) is 19.3 Å². The second-order valence-electron chi connectivity index (χ2n) is 16.6. The van der Waals surface area contributed by atoms with Crippen molar-refractivity contribution >= 4 is 17.9 Å². The van der Waals surface area contributed by atoms with Crippen LogP contribution in [-0.2, 0) is 28.6 Å². The van der Waals surface area contributed by atoms with E-state index in [1.54, 1.807) is 0 Å². The molecule has 0 atom stereocenters. The van der Waals surface area contributed by atoms with Crippen molar-refractivity contribution in [2.75, 3.05) is 13.2 Å². The Bertz CT molecular complexity index is 1570. The third-order valence-corrected chi connectivity index (χ3v) is 10.2. The monoisotopic (exact) mass is 947 g/mol. The number of hydrogen-bond acceptors (Lipinski definition) is 6. The van der Waals surface area contributed by atoms with Crippen LogP contribution in [0.15, 0.2) is 170 Å². The summed E-state index contributed by atoms with van der Waals surface area (Å²) in [6, 6.07) is 0. The van der Waals surface area contributed by atoms with Gasteiger partial charge in [0.1, 0.15) is 13.2 Å². The summed E-state index contributed by atoms with van der Waals surface area (Å²) in [7, 11) is 0. The molecule has 0 radical (unpaired) electrons. The molecule has 0 rings (SSSR count). The first kappa shape index (κ1) is 63.8. The second-order valence-corrected chi connectivity index (χ2v) is 16.6. The average Bonchev–Trinajstić information content (AvgIpc) is 3.35. The van der Waals surface area contributed by atoms with Gasteiger partial charge in [-0.25, -0.2) is 0 Å². The minimum atomic E-state index is -0.847. The van der Waals surface area contributed by atoms with Crippen LogP contribution in [0.1, 0.15) is 188 Å². The lowest BCUT2D eigenvalue weighted by Crippen LogP contribution is -2.30.